The van der Waals surface area contributed by atoms with Gasteiger partial charge in [-0.15, -0.1) is 10.2 Å². The fourth-order valence-corrected chi connectivity index (χ4v) is 3.98. The number of carbonyl (C=O) groups is 1. The molecule has 0 saturated heterocycles. The van der Waals surface area contributed by atoms with Crippen LogP contribution in [0.1, 0.15) is 12.5 Å². The second kappa shape index (κ2) is 9.38. The molecule has 3 aromatic rings. The highest BCUT2D eigenvalue weighted by molar-refractivity contribution is 8.01. The third-order valence-corrected chi connectivity index (χ3v) is 5.44. The highest BCUT2D eigenvalue weighted by atomic mass is 32.2. The molecule has 0 aliphatic carbocycles. The molecule has 0 fully saturated rings. The Morgan fingerprint density at radius 2 is 1.96 bits per heavy atom. The first-order valence-corrected chi connectivity index (χ1v) is 10.2. The number of nitrogens with one attached hydrogen (secondary N) is 2. The number of benzene rings is 2. The van der Waals surface area contributed by atoms with Crippen molar-refractivity contribution in [3.05, 3.63) is 54.1 Å². The molecule has 0 aliphatic rings. The molecule has 0 bridgehead atoms. The molecule has 0 radical (unpaired) electrons. The average molecular weight is 401 g/mol. The Kier molecular flexibility index (Phi) is 6.67. The zero-order chi connectivity index (χ0) is 19.1. The molecule has 6 nitrogen and oxygen atoms in total. The van der Waals surface area contributed by atoms with Gasteiger partial charge in [0.1, 0.15) is 5.75 Å². The largest absolute Gasteiger partial charge is 0.492 e. The molecule has 8 heteroatoms. The minimum Gasteiger partial charge on any atom is -0.492 e. The van der Waals surface area contributed by atoms with Crippen LogP contribution in [0, 0.1) is 6.92 Å². The lowest BCUT2D eigenvalue weighted by Gasteiger charge is -2.07. The van der Waals surface area contributed by atoms with Gasteiger partial charge < -0.3 is 15.4 Å². The second-order valence-corrected chi connectivity index (χ2v) is 8.04. The molecule has 0 saturated carbocycles. The SMILES string of the molecule is CC(=O)Nc1cccc(Nc2nnc(SCCOc3ccccc3C)s2)c1. The van der Waals surface area contributed by atoms with E-state index in [0.29, 0.717) is 11.7 Å². The van der Waals surface area contributed by atoms with E-state index in [4.69, 9.17) is 4.74 Å². The minimum atomic E-state index is -0.102. The van der Waals surface area contributed by atoms with Crippen molar-refractivity contribution >= 4 is 45.5 Å². The number of nitrogens with zero attached hydrogens (tertiary/aromatic N) is 2. The quantitative estimate of drug-likeness (QED) is 0.421. The number of para-hydroxylation sites is 1. The smallest absolute Gasteiger partial charge is 0.221 e. The van der Waals surface area contributed by atoms with Crippen LogP contribution in [-0.2, 0) is 4.79 Å². The molecular weight excluding hydrogens is 380 g/mol. The number of aryl methyl sites for hydroxylation is 1. The maximum atomic E-state index is 11.2. The number of rotatable bonds is 8. The number of hydrogen-bond donors (Lipinski definition) is 2. The Morgan fingerprint density at radius 3 is 2.78 bits per heavy atom. The van der Waals surface area contributed by atoms with Gasteiger partial charge in [-0.1, -0.05) is 47.4 Å². The summed E-state index contributed by atoms with van der Waals surface area (Å²) in [4.78, 5) is 11.2. The van der Waals surface area contributed by atoms with Gasteiger partial charge in [-0.3, -0.25) is 4.79 Å². The minimum absolute atomic E-state index is 0.102. The molecule has 2 N–H and O–H groups in total. The first kappa shape index (κ1) is 19.2. The number of amides is 1. The van der Waals surface area contributed by atoms with Crippen LogP contribution in [0.15, 0.2) is 52.9 Å². The van der Waals surface area contributed by atoms with E-state index in [9.17, 15) is 4.79 Å². The van der Waals surface area contributed by atoms with Crippen LogP contribution in [-0.4, -0.2) is 28.5 Å². The fraction of sp³-hybridized carbons (Fsp3) is 0.211. The van der Waals surface area contributed by atoms with Gasteiger partial charge in [0.15, 0.2) is 4.34 Å². The van der Waals surface area contributed by atoms with Gasteiger partial charge in [0.2, 0.25) is 11.0 Å². The van der Waals surface area contributed by atoms with Crippen LogP contribution in [0.25, 0.3) is 0 Å². The van der Waals surface area contributed by atoms with Crippen molar-refractivity contribution in [2.75, 3.05) is 23.0 Å². The van der Waals surface area contributed by atoms with Gasteiger partial charge in [-0.25, -0.2) is 0 Å². The highest BCUT2D eigenvalue weighted by Crippen LogP contribution is 2.28. The van der Waals surface area contributed by atoms with E-state index in [1.807, 2.05) is 55.5 Å². The predicted octanol–water partition coefficient (Wildman–Crippen LogP) is 4.72. The third kappa shape index (κ3) is 5.97. The van der Waals surface area contributed by atoms with Crippen LogP contribution in [0.3, 0.4) is 0 Å². The number of carbonyl (C=O) groups excluding carboxylic acids is 1. The summed E-state index contributed by atoms with van der Waals surface area (Å²) in [6, 6.07) is 15.4. The van der Waals surface area contributed by atoms with E-state index in [0.717, 1.165) is 32.8 Å². The number of ether oxygens (including phenoxy) is 1. The van der Waals surface area contributed by atoms with Crippen molar-refractivity contribution < 1.29 is 9.53 Å². The van der Waals surface area contributed by atoms with Crippen molar-refractivity contribution in [2.24, 2.45) is 0 Å². The predicted molar refractivity (Wildman–Crippen MR) is 111 cm³/mol. The van der Waals surface area contributed by atoms with E-state index in [-0.39, 0.29) is 5.91 Å². The molecule has 140 valence electrons. The van der Waals surface area contributed by atoms with Gasteiger partial charge in [0.25, 0.3) is 0 Å². The number of thioether (sulfide) groups is 1. The Balaban J connectivity index is 1.48. The zero-order valence-electron chi connectivity index (χ0n) is 15.1. The summed E-state index contributed by atoms with van der Waals surface area (Å²) in [6.07, 6.45) is 0. The second-order valence-electron chi connectivity index (χ2n) is 5.72. The van der Waals surface area contributed by atoms with Crippen LogP contribution < -0.4 is 15.4 Å². The Bertz CT molecular complexity index is 914. The van der Waals surface area contributed by atoms with Gasteiger partial charge in [-0.2, -0.15) is 0 Å². The summed E-state index contributed by atoms with van der Waals surface area (Å²) in [5.41, 5.74) is 2.71. The maximum Gasteiger partial charge on any atom is 0.221 e. The fourth-order valence-electron chi connectivity index (χ4n) is 2.32. The molecule has 0 spiro atoms. The molecule has 27 heavy (non-hydrogen) atoms. The van der Waals surface area contributed by atoms with E-state index >= 15 is 0 Å². The molecule has 3 rings (SSSR count). The monoisotopic (exact) mass is 400 g/mol. The Morgan fingerprint density at radius 1 is 1.15 bits per heavy atom. The zero-order valence-corrected chi connectivity index (χ0v) is 16.7. The van der Waals surface area contributed by atoms with Crippen LogP contribution in [0.4, 0.5) is 16.5 Å². The molecule has 0 unspecified atom stereocenters. The summed E-state index contributed by atoms with van der Waals surface area (Å²) in [5, 5.41) is 15.0. The Labute approximate surface area is 166 Å². The lowest BCUT2D eigenvalue weighted by atomic mass is 10.2. The summed E-state index contributed by atoms with van der Waals surface area (Å²) >= 11 is 3.09. The Hall–Kier alpha value is -2.58. The van der Waals surface area contributed by atoms with Crippen LogP contribution >= 0.6 is 23.1 Å². The normalized spacial score (nSPS) is 10.4. The number of anilines is 3. The van der Waals surface area contributed by atoms with Crippen LogP contribution in [0.2, 0.25) is 0 Å². The van der Waals surface area contributed by atoms with Crippen molar-refractivity contribution in [1.29, 1.82) is 0 Å². The van der Waals surface area contributed by atoms with Gasteiger partial charge in [-0.05, 0) is 36.8 Å². The van der Waals surface area contributed by atoms with Crippen LogP contribution in [0.5, 0.6) is 5.75 Å². The van der Waals surface area contributed by atoms with Crippen molar-refractivity contribution in [2.45, 2.75) is 18.2 Å². The number of hydrogen-bond acceptors (Lipinski definition) is 7. The lowest BCUT2D eigenvalue weighted by Crippen LogP contribution is -2.05. The molecule has 1 amide bonds. The highest BCUT2D eigenvalue weighted by Gasteiger charge is 2.06. The van der Waals surface area contributed by atoms with Crippen molar-refractivity contribution in [3.8, 4) is 5.75 Å². The average Bonchev–Trinajstić information content (AvgIpc) is 3.07. The topological polar surface area (TPSA) is 76.1 Å². The first-order chi connectivity index (χ1) is 13.1. The summed E-state index contributed by atoms with van der Waals surface area (Å²) in [6.45, 7) is 4.12. The molecule has 1 aromatic heterocycles. The summed E-state index contributed by atoms with van der Waals surface area (Å²) < 4.78 is 6.67. The molecule has 2 aromatic carbocycles. The number of aromatic nitrogens is 2. The maximum absolute atomic E-state index is 11.2. The van der Waals surface area contributed by atoms with Gasteiger partial charge >= 0.3 is 0 Å². The van der Waals surface area contributed by atoms with E-state index in [2.05, 4.69) is 20.8 Å². The molecule has 0 atom stereocenters. The van der Waals surface area contributed by atoms with E-state index in [1.54, 1.807) is 11.8 Å². The van der Waals surface area contributed by atoms with Crippen molar-refractivity contribution in [1.82, 2.24) is 10.2 Å². The molecule has 1 heterocycles. The first-order valence-electron chi connectivity index (χ1n) is 8.39. The standard InChI is InChI=1S/C19H20N4O2S2/c1-13-6-3-4-9-17(13)25-10-11-26-19-23-22-18(27-19)21-16-8-5-7-15(12-16)20-14(2)24/h3-9,12H,10-11H2,1-2H3,(H,20,24)(H,21,22). The summed E-state index contributed by atoms with van der Waals surface area (Å²) in [5.74, 6) is 1.60. The lowest BCUT2D eigenvalue weighted by molar-refractivity contribution is -0.114. The van der Waals surface area contributed by atoms with E-state index < -0.39 is 0 Å². The molecule has 0 aliphatic heterocycles. The van der Waals surface area contributed by atoms with Gasteiger partial charge in [0.05, 0.1) is 6.61 Å². The summed E-state index contributed by atoms with van der Waals surface area (Å²) in [7, 11) is 0. The van der Waals surface area contributed by atoms with Crippen molar-refractivity contribution in [3.63, 3.8) is 0 Å². The molecular formula is C19H20N4O2S2. The van der Waals surface area contributed by atoms with E-state index in [1.165, 1.54) is 18.3 Å². The third-order valence-electron chi connectivity index (χ3n) is 3.50. The van der Waals surface area contributed by atoms with Gasteiger partial charge in [0, 0.05) is 24.1 Å².